The molecule has 5 rings (SSSR count). The van der Waals surface area contributed by atoms with Crippen molar-refractivity contribution >= 4 is 29.3 Å². The number of allylic oxidation sites excluding steroid dienone is 1. The summed E-state index contributed by atoms with van der Waals surface area (Å²) in [5.74, 6) is 1.90. The van der Waals surface area contributed by atoms with Crippen LogP contribution in [-0.4, -0.2) is 69.5 Å². The van der Waals surface area contributed by atoms with Crippen LogP contribution in [0, 0.1) is 0 Å². The normalized spacial score (nSPS) is 18.0. The Morgan fingerprint density at radius 3 is 2.54 bits per heavy atom. The molecule has 0 N–H and O–H groups in total. The standard InChI is InChI=1S/C30H36N4O6S/c1-7-39-29(36)26-18(2)31-30-34(27(26)19-8-10-22(37-5)23(16-19)38-6)28(35)24(41-30)17-21-9-11-25(40-21)33-14-12-20(13-15-33)32(3)4/h8-11,16-17,20,27H,7,12-15H2,1-6H3/b24-17-/t27-/m1/s1. The molecule has 10 nitrogen and oxygen atoms in total. The zero-order valence-corrected chi connectivity index (χ0v) is 25.1. The zero-order valence-electron chi connectivity index (χ0n) is 24.3. The highest BCUT2D eigenvalue weighted by atomic mass is 32.1. The number of methoxy groups -OCH3 is 2. The first-order valence-corrected chi connectivity index (χ1v) is 14.5. The van der Waals surface area contributed by atoms with Gasteiger partial charge in [-0.15, -0.1) is 0 Å². The van der Waals surface area contributed by atoms with E-state index in [1.54, 1.807) is 50.8 Å². The molecule has 0 radical (unpaired) electrons. The summed E-state index contributed by atoms with van der Waals surface area (Å²) >= 11 is 1.26. The molecule has 1 atom stereocenters. The Kier molecular flexibility index (Phi) is 8.37. The third kappa shape index (κ3) is 5.56. The highest BCUT2D eigenvalue weighted by Gasteiger charge is 2.34. The number of carbonyl (C=O) groups is 1. The van der Waals surface area contributed by atoms with Crippen LogP contribution in [0.25, 0.3) is 6.08 Å². The van der Waals surface area contributed by atoms with Crippen LogP contribution < -0.4 is 29.3 Å². The number of thiazole rings is 1. The molecule has 41 heavy (non-hydrogen) atoms. The number of piperidine rings is 1. The number of hydrogen-bond acceptors (Lipinski definition) is 10. The van der Waals surface area contributed by atoms with Crippen molar-refractivity contribution in [2.24, 2.45) is 4.99 Å². The molecule has 3 aromatic rings. The van der Waals surface area contributed by atoms with E-state index >= 15 is 0 Å². The van der Waals surface area contributed by atoms with E-state index in [0.29, 0.717) is 49.5 Å². The van der Waals surface area contributed by atoms with Gasteiger partial charge >= 0.3 is 5.97 Å². The van der Waals surface area contributed by atoms with E-state index < -0.39 is 12.0 Å². The van der Waals surface area contributed by atoms with Crippen LogP contribution in [-0.2, 0) is 9.53 Å². The molecule has 0 aliphatic carbocycles. The van der Waals surface area contributed by atoms with Gasteiger partial charge in [0.1, 0.15) is 5.76 Å². The topological polar surface area (TPSA) is 98.7 Å². The molecule has 0 saturated carbocycles. The van der Waals surface area contributed by atoms with Crippen molar-refractivity contribution in [1.29, 1.82) is 0 Å². The number of ether oxygens (including phenoxy) is 3. The molecule has 1 saturated heterocycles. The number of rotatable bonds is 8. The maximum atomic E-state index is 13.9. The third-order valence-corrected chi connectivity index (χ3v) is 8.62. The van der Waals surface area contributed by atoms with Gasteiger partial charge in [0.2, 0.25) is 0 Å². The second-order valence-electron chi connectivity index (χ2n) is 10.3. The number of furan rings is 1. The van der Waals surface area contributed by atoms with Gasteiger partial charge in [0.15, 0.2) is 22.2 Å². The van der Waals surface area contributed by atoms with Crippen LogP contribution >= 0.6 is 11.3 Å². The molecule has 0 amide bonds. The lowest BCUT2D eigenvalue weighted by atomic mass is 9.95. The fourth-order valence-corrected chi connectivity index (χ4v) is 6.48. The summed E-state index contributed by atoms with van der Waals surface area (Å²) in [6, 6.07) is 9.01. The fourth-order valence-electron chi connectivity index (χ4n) is 5.45. The van der Waals surface area contributed by atoms with Crippen LogP contribution in [0.2, 0.25) is 0 Å². The van der Waals surface area contributed by atoms with Crippen molar-refractivity contribution in [3.63, 3.8) is 0 Å². The number of benzene rings is 1. The minimum atomic E-state index is -0.752. The van der Waals surface area contributed by atoms with Crippen LogP contribution in [0.1, 0.15) is 44.1 Å². The molecule has 2 aliphatic heterocycles. The number of fused-ring (bicyclic) bond motifs is 1. The summed E-state index contributed by atoms with van der Waals surface area (Å²) in [5.41, 5.74) is 1.21. The molecule has 11 heteroatoms. The van der Waals surface area contributed by atoms with Crippen molar-refractivity contribution in [2.75, 3.05) is 52.9 Å². The smallest absolute Gasteiger partial charge is 0.338 e. The molecule has 218 valence electrons. The molecular formula is C30H36N4O6S. The predicted molar refractivity (Wildman–Crippen MR) is 158 cm³/mol. The fraction of sp³-hybridized carbons (Fsp3) is 0.433. The predicted octanol–water partition coefficient (Wildman–Crippen LogP) is 2.94. The van der Waals surface area contributed by atoms with Gasteiger partial charge in [-0.05, 0) is 64.5 Å². The average molecular weight is 581 g/mol. The summed E-state index contributed by atoms with van der Waals surface area (Å²) in [6.45, 7) is 5.54. The van der Waals surface area contributed by atoms with Crippen molar-refractivity contribution < 1.29 is 23.4 Å². The van der Waals surface area contributed by atoms with Gasteiger partial charge in [0, 0.05) is 31.3 Å². The highest BCUT2D eigenvalue weighted by molar-refractivity contribution is 7.07. The number of hydrogen-bond donors (Lipinski definition) is 0. The Morgan fingerprint density at radius 2 is 1.88 bits per heavy atom. The van der Waals surface area contributed by atoms with E-state index in [0.717, 1.165) is 31.8 Å². The lowest BCUT2D eigenvalue weighted by molar-refractivity contribution is -0.139. The van der Waals surface area contributed by atoms with Crippen LogP contribution in [0.5, 0.6) is 11.5 Å². The number of esters is 1. The van der Waals surface area contributed by atoms with Gasteiger partial charge in [-0.25, -0.2) is 9.79 Å². The molecule has 0 bridgehead atoms. The summed E-state index contributed by atoms with van der Waals surface area (Å²) in [5, 5.41) is 0. The third-order valence-electron chi connectivity index (χ3n) is 7.63. The molecule has 4 heterocycles. The monoisotopic (exact) mass is 580 g/mol. The van der Waals surface area contributed by atoms with Crippen molar-refractivity contribution in [1.82, 2.24) is 9.47 Å². The number of anilines is 1. The Labute approximate surface area is 242 Å². The van der Waals surface area contributed by atoms with E-state index in [1.165, 1.54) is 11.3 Å². The first-order valence-electron chi connectivity index (χ1n) is 13.7. The summed E-state index contributed by atoms with van der Waals surface area (Å²) < 4.78 is 24.5. The van der Waals surface area contributed by atoms with Gasteiger partial charge in [-0.2, -0.15) is 0 Å². The number of aromatic nitrogens is 1. The van der Waals surface area contributed by atoms with Crippen molar-refractivity contribution in [3.05, 3.63) is 72.6 Å². The van der Waals surface area contributed by atoms with Gasteiger partial charge in [0.25, 0.3) is 5.56 Å². The molecular weight excluding hydrogens is 544 g/mol. The molecule has 0 unspecified atom stereocenters. The van der Waals surface area contributed by atoms with Gasteiger partial charge < -0.3 is 28.4 Å². The maximum absolute atomic E-state index is 13.9. The van der Waals surface area contributed by atoms with Gasteiger partial charge in [0.05, 0.1) is 42.7 Å². The molecule has 1 aromatic carbocycles. The lowest BCUT2D eigenvalue weighted by Gasteiger charge is -2.35. The summed E-state index contributed by atoms with van der Waals surface area (Å²) in [6.07, 6.45) is 3.88. The molecule has 2 aromatic heterocycles. The second-order valence-corrected chi connectivity index (χ2v) is 11.3. The number of carbonyl (C=O) groups excluding carboxylic acids is 1. The molecule has 2 aliphatic rings. The Hall–Kier alpha value is -3.83. The Bertz CT molecular complexity index is 1640. The van der Waals surface area contributed by atoms with Gasteiger partial charge in [-0.1, -0.05) is 17.4 Å². The first-order chi connectivity index (χ1) is 19.7. The minimum Gasteiger partial charge on any atom is -0.493 e. The first kappa shape index (κ1) is 28.7. The maximum Gasteiger partial charge on any atom is 0.338 e. The van der Waals surface area contributed by atoms with E-state index in [2.05, 4.69) is 28.9 Å². The van der Waals surface area contributed by atoms with Gasteiger partial charge in [-0.3, -0.25) is 9.36 Å². The second kappa shape index (κ2) is 12.0. The largest absolute Gasteiger partial charge is 0.493 e. The van der Waals surface area contributed by atoms with E-state index in [9.17, 15) is 9.59 Å². The highest BCUT2D eigenvalue weighted by Crippen LogP contribution is 2.36. The number of nitrogens with zero attached hydrogens (tertiary/aromatic N) is 4. The van der Waals surface area contributed by atoms with Crippen LogP contribution in [0.3, 0.4) is 0 Å². The van der Waals surface area contributed by atoms with E-state index in [-0.39, 0.29) is 12.2 Å². The van der Waals surface area contributed by atoms with E-state index in [4.69, 9.17) is 18.6 Å². The zero-order chi connectivity index (χ0) is 29.3. The quantitative estimate of drug-likeness (QED) is 0.375. The molecule has 1 fully saturated rings. The Morgan fingerprint density at radius 1 is 1.15 bits per heavy atom. The minimum absolute atomic E-state index is 0.201. The Balaban J connectivity index is 1.55. The van der Waals surface area contributed by atoms with Crippen molar-refractivity contribution in [2.45, 2.75) is 38.8 Å². The van der Waals surface area contributed by atoms with Crippen LogP contribution in [0.15, 0.2) is 55.8 Å². The van der Waals surface area contributed by atoms with Crippen LogP contribution in [0.4, 0.5) is 5.88 Å². The molecule has 0 spiro atoms. The van der Waals surface area contributed by atoms with Crippen molar-refractivity contribution in [3.8, 4) is 11.5 Å². The average Bonchev–Trinajstić information content (AvgIpc) is 3.56. The van der Waals surface area contributed by atoms with E-state index in [1.807, 2.05) is 18.2 Å². The summed E-state index contributed by atoms with van der Waals surface area (Å²) in [7, 11) is 7.34. The summed E-state index contributed by atoms with van der Waals surface area (Å²) in [4.78, 5) is 36.7. The lowest BCUT2D eigenvalue weighted by Crippen LogP contribution is -2.41. The SMILES string of the molecule is CCOC(=O)C1=C(C)N=c2s/c(=C\c3ccc(N4CCC(N(C)C)CC4)o3)c(=O)n2[C@@H]1c1ccc(OC)c(OC)c1.